The standard InChI is InChI=1S/C14H13N3O3/c1-2-20-14(19)13-12(15-17-16-13)11-7-5-10(6-8-11)4-3-9-18/h5-8,18H,2,9H2,1H3,(H,15,16,17). The van der Waals surface area contributed by atoms with Gasteiger partial charge in [-0.25, -0.2) is 4.79 Å². The second-order valence-corrected chi connectivity index (χ2v) is 3.78. The number of carbonyl (C=O) groups excluding carboxylic acids is 1. The first-order valence-electron chi connectivity index (χ1n) is 6.04. The van der Waals surface area contributed by atoms with Crippen molar-refractivity contribution in [3.05, 3.63) is 35.5 Å². The lowest BCUT2D eigenvalue weighted by atomic mass is 10.1. The minimum Gasteiger partial charge on any atom is -0.461 e. The van der Waals surface area contributed by atoms with E-state index in [1.54, 1.807) is 31.2 Å². The molecule has 0 aliphatic rings. The Hall–Kier alpha value is -2.65. The van der Waals surface area contributed by atoms with Gasteiger partial charge in [-0.05, 0) is 19.1 Å². The van der Waals surface area contributed by atoms with Gasteiger partial charge < -0.3 is 9.84 Å². The van der Waals surface area contributed by atoms with Gasteiger partial charge in [0.25, 0.3) is 0 Å². The highest BCUT2D eigenvalue weighted by molar-refractivity contribution is 5.93. The fourth-order valence-corrected chi connectivity index (χ4v) is 1.63. The lowest BCUT2D eigenvalue weighted by Gasteiger charge is -2.01. The summed E-state index contributed by atoms with van der Waals surface area (Å²) >= 11 is 0. The average molecular weight is 271 g/mol. The molecule has 0 unspecified atom stereocenters. The van der Waals surface area contributed by atoms with Crippen molar-refractivity contribution in [3.8, 4) is 23.1 Å². The minimum absolute atomic E-state index is 0.154. The number of aromatic nitrogens is 3. The molecule has 102 valence electrons. The van der Waals surface area contributed by atoms with Crippen LogP contribution in [0, 0.1) is 11.8 Å². The van der Waals surface area contributed by atoms with Crippen molar-refractivity contribution in [2.24, 2.45) is 0 Å². The van der Waals surface area contributed by atoms with E-state index in [9.17, 15) is 4.79 Å². The topological polar surface area (TPSA) is 88.1 Å². The van der Waals surface area contributed by atoms with Crippen molar-refractivity contribution in [2.75, 3.05) is 13.2 Å². The van der Waals surface area contributed by atoms with Crippen LogP contribution < -0.4 is 0 Å². The number of benzene rings is 1. The first-order valence-corrected chi connectivity index (χ1v) is 6.04. The Morgan fingerprint density at radius 2 is 2.10 bits per heavy atom. The van der Waals surface area contributed by atoms with Crippen molar-refractivity contribution in [1.82, 2.24) is 15.4 Å². The molecule has 0 aliphatic heterocycles. The highest BCUT2D eigenvalue weighted by Gasteiger charge is 2.18. The second-order valence-electron chi connectivity index (χ2n) is 3.78. The van der Waals surface area contributed by atoms with Crippen LogP contribution in [0.4, 0.5) is 0 Å². The van der Waals surface area contributed by atoms with Gasteiger partial charge in [-0.15, -0.1) is 5.10 Å². The summed E-state index contributed by atoms with van der Waals surface area (Å²) in [6.07, 6.45) is 0. The summed E-state index contributed by atoms with van der Waals surface area (Å²) in [5.41, 5.74) is 2.09. The maximum Gasteiger partial charge on any atom is 0.361 e. The first kappa shape index (κ1) is 13.8. The summed E-state index contributed by atoms with van der Waals surface area (Å²) in [7, 11) is 0. The third-order valence-corrected chi connectivity index (χ3v) is 2.49. The summed E-state index contributed by atoms with van der Waals surface area (Å²) in [4.78, 5) is 11.7. The Morgan fingerprint density at radius 1 is 1.35 bits per heavy atom. The molecule has 6 heteroatoms. The van der Waals surface area contributed by atoms with Crippen LogP contribution in [-0.2, 0) is 4.74 Å². The van der Waals surface area contributed by atoms with Gasteiger partial charge in [0, 0.05) is 11.1 Å². The van der Waals surface area contributed by atoms with Gasteiger partial charge in [-0.2, -0.15) is 10.3 Å². The fraction of sp³-hybridized carbons (Fsp3) is 0.214. The highest BCUT2D eigenvalue weighted by atomic mass is 16.5. The minimum atomic E-state index is -0.514. The number of nitrogens with zero attached hydrogens (tertiary/aromatic N) is 2. The highest BCUT2D eigenvalue weighted by Crippen LogP contribution is 2.20. The molecule has 1 aromatic carbocycles. The maximum atomic E-state index is 11.7. The maximum absolute atomic E-state index is 11.7. The summed E-state index contributed by atoms with van der Waals surface area (Å²) in [5, 5.41) is 18.8. The number of aliphatic hydroxyl groups excluding tert-OH is 1. The van der Waals surface area contributed by atoms with Crippen molar-refractivity contribution >= 4 is 5.97 Å². The van der Waals surface area contributed by atoms with Crippen LogP contribution >= 0.6 is 0 Å². The molecular formula is C14H13N3O3. The van der Waals surface area contributed by atoms with Gasteiger partial charge in [0.05, 0.1) is 6.61 Å². The van der Waals surface area contributed by atoms with Crippen molar-refractivity contribution in [3.63, 3.8) is 0 Å². The molecule has 0 saturated carbocycles. The molecule has 0 aliphatic carbocycles. The van der Waals surface area contributed by atoms with Gasteiger partial charge in [0.15, 0.2) is 5.69 Å². The molecule has 0 bridgehead atoms. The van der Waals surface area contributed by atoms with E-state index in [2.05, 4.69) is 27.3 Å². The molecule has 0 saturated heterocycles. The Labute approximate surface area is 115 Å². The molecule has 0 spiro atoms. The molecule has 0 fully saturated rings. The number of hydrogen-bond donors (Lipinski definition) is 2. The zero-order chi connectivity index (χ0) is 14.4. The van der Waals surface area contributed by atoms with Gasteiger partial charge in [0.2, 0.25) is 0 Å². The van der Waals surface area contributed by atoms with E-state index in [1.807, 2.05) is 0 Å². The number of aliphatic hydroxyl groups is 1. The zero-order valence-corrected chi connectivity index (χ0v) is 10.9. The van der Waals surface area contributed by atoms with E-state index in [0.717, 1.165) is 11.1 Å². The predicted octanol–water partition coefficient (Wildman–Crippen LogP) is 0.992. The molecule has 0 atom stereocenters. The smallest absolute Gasteiger partial charge is 0.361 e. The van der Waals surface area contributed by atoms with Crippen molar-refractivity contribution in [1.29, 1.82) is 0 Å². The molecular weight excluding hydrogens is 258 g/mol. The molecule has 0 radical (unpaired) electrons. The SMILES string of the molecule is CCOC(=O)c1n[nH]nc1-c1ccc(C#CCO)cc1. The molecule has 1 heterocycles. The van der Waals surface area contributed by atoms with E-state index < -0.39 is 5.97 Å². The molecule has 0 amide bonds. The van der Waals surface area contributed by atoms with Crippen molar-refractivity contribution < 1.29 is 14.6 Å². The Balaban J connectivity index is 2.28. The van der Waals surface area contributed by atoms with Crippen LogP contribution in [0.15, 0.2) is 24.3 Å². The second kappa shape index (κ2) is 6.50. The zero-order valence-electron chi connectivity index (χ0n) is 10.9. The lowest BCUT2D eigenvalue weighted by molar-refractivity contribution is 0.0520. The summed E-state index contributed by atoms with van der Waals surface area (Å²) in [5.74, 6) is 4.84. The number of esters is 1. The van der Waals surface area contributed by atoms with Crippen LogP contribution in [-0.4, -0.2) is 39.7 Å². The van der Waals surface area contributed by atoms with Crippen LogP contribution in [0.2, 0.25) is 0 Å². The Kier molecular flexibility index (Phi) is 4.47. The summed E-state index contributed by atoms with van der Waals surface area (Å²) in [6.45, 7) is 1.82. The van der Waals surface area contributed by atoms with E-state index in [-0.39, 0.29) is 18.9 Å². The molecule has 2 N–H and O–H groups in total. The third-order valence-electron chi connectivity index (χ3n) is 2.49. The molecule has 2 aromatic rings. The van der Waals surface area contributed by atoms with Gasteiger partial charge in [0.1, 0.15) is 12.3 Å². The van der Waals surface area contributed by atoms with E-state index in [4.69, 9.17) is 9.84 Å². The number of nitrogens with one attached hydrogen (secondary N) is 1. The first-order chi connectivity index (χ1) is 9.76. The number of ether oxygens (including phenoxy) is 1. The number of rotatable bonds is 3. The number of hydrogen-bond acceptors (Lipinski definition) is 5. The molecule has 2 rings (SSSR count). The molecule has 20 heavy (non-hydrogen) atoms. The van der Waals surface area contributed by atoms with Crippen LogP contribution in [0.3, 0.4) is 0 Å². The summed E-state index contributed by atoms with van der Waals surface area (Å²) < 4.78 is 4.91. The van der Waals surface area contributed by atoms with Gasteiger partial charge in [-0.1, -0.05) is 24.0 Å². The largest absolute Gasteiger partial charge is 0.461 e. The van der Waals surface area contributed by atoms with E-state index >= 15 is 0 Å². The average Bonchev–Trinajstić information content (AvgIpc) is 2.95. The van der Waals surface area contributed by atoms with E-state index in [1.165, 1.54) is 0 Å². The fourth-order valence-electron chi connectivity index (χ4n) is 1.63. The predicted molar refractivity (Wildman–Crippen MR) is 71.7 cm³/mol. The van der Waals surface area contributed by atoms with Crippen molar-refractivity contribution in [2.45, 2.75) is 6.92 Å². The normalized spacial score (nSPS) is 9.70. The monoisotopic (exact) mass is 271 g/mol. The van der Waals surface area contributed by atoms with Gasteiger partial charge >= 0.3 is 5.97 Å². The van der Waals surface area contributed by atoms with E-state index in [0.29, 0.717) is 5.69 Å². The van der Waals surface area contributed by atoms with Crippen LogP contribution in [0.1, 0.15) is 23.0 Å². The number of aromatic amines is 1. The quantitative estimate of drug-likeness (QED) is 0.642. The van der Waals surface area contributed by atoms with Crippen LogP contribution in [0.5, 0.6) is 0 Å². The van der Waals surface area contributed by atoms with Crippen LogP contribution in [0.25, 0.3) is 11.3 Å². The Bertz CT molecular complexity index is 650. The summed E-state index contributed by atoms with van der Waals surface area (Å²) in [6, 6.07) is 7.12. The molecule has 1 aromatic heterocycles. The van der Waals surface area contributed by atoms with Gasteiger partial charge in [-0.3, -0.25) is 0 Å². The number of carbonyl (C=O) groups is 1. The lowest BCUT2D eigenvalue weighted by Crippen LogP contribution is -2.06. The molecule has 6 nitrogen and oxygen atoms in total. The number of H-pyrrole nitrogens is 1. The Morgan fingerprint density at radius 3 is 2.75 bits per heavy atom. The third kappa shape index (κ3) is 3.02.